The molecule has 1 amide bonds. The molecular formula is C22H21NO3. The second-order valence-electron chi connectivity index (χ2n) is 5.68. The van der Waals surface area contributed by atoms with Crippen LogP contribution in [0.5, 0.6) is 11.5 Å². The Hall–Kier alpha value is -3.27. The Morgan fingerprint density at radius 2 is 1.54 bits per heavy atom. The number of hydrogen-bond acceptors (Lipinski definition) is 3. The van der Waals surface area contributed by atoms with E-state index in [9.17, 15) is 4.79 Å². The Morgan fingerprint density at radius 1 is 0.846 bits per heavy atom. The van der Waals surface area contributed by atoms with Crippen molar-refractivity contribution in [3.05, 3.63) is 90.0 Å². The number of hydrogen-bond donors (Lipinski definition) is 1. The van der Waals surface area contributed by atoms with E-state index in [0.717, 1.165) is 11.3 Å². The standard InChI is InChI=1S/C22H21NO3/c1-2-25-21-11-7-6-10-20(21)23-22(24)18-12-14-19(15-13-18)26-16-17-8-4-3-5-9-17/h3-15H,2,16H2,1H3,(H,23,24). The van der Waals surface area contributed by atoms with Crippen molar-refractivity contribution in [2.75, 3.05) is 11.9 Å². The smallest absolute Gasteiger partial charge is 0.255 e. The number of carbonyl (C=O) groups is 1. The second kappa shape index (κ2) is 8.72. The highest BCUT2D eigenvalue weighted by atomic mass is 16.5. The highest BCUT2D eigenvalue weighted by Gasteiger charge is 2.09. The van der Waals surface area contributed by atoms with Crippen molar-refractivity contribution < 1.29 is 14.3 Å². The normalized spacial score (nSPS) is 10.2. The maximum absolute atomic E-state index is 12.5. The maximum Gasteiger partial charge on any atom is 0.255 e. The average molecular weight is 347 g/mol. The van der Waals surface area contributed by atoms with Crippen molar-refractivity contribution in [1.29, 1.82) is 0 Å². The number of carbonyl (C=O) groups excluding carboxylic acids is 1. The van der Waals surface area contributed by atoms with E-state index in [2.05, 4.69) is 5.32 Å². The maximum atomic E-state index is 12.5. The molecule has 1 N–H and O–H groups in total. The number of para-hydroxylation sites is 2. The van der Waals surface area contributed by atoms with Crippen LogP contribution in [-0.2, 0) is 6.61 Å². The van der Waals surface area contributed by atoms with E-state index in [1.54, 1.807) is 24.3 Å². The van der Waals surface area contributed by atoms with Crippen molar-refractivity contribution in [2.45, 2.75) is 13.5 Å². The molecule has 132 valence electrons. The summed E-state index contributed by atoms with van der Waals surface area (Å²) >= 11 is 0. The van der Waals surface area contributed by atoms with Crippen LogP contribution in [0.4, 0.5) is 5.69 Å². The molecule has 0 spiro atoms. The molecule has 26 heavy (non-hydrogen) atoms. The van der Waals surface area contributed by atoms with Gasteiger partial charge >= 0.3 is 0 Å². The molecule has 3 rings (SSSR count). The van der Waals surface area contributed by atoms with Crippen LogP contribution in [0.3, 0.4) is 0 Å². The minimum absolute atomic E-state index is 0.188. The predicted molar refractivity (Wildman–Crippen MR) is 103 cm³/mol. The summed E-state index contributed by atoms with van der Waals surface area (Å²) in [5.41, 5.74) is 2.31. The van der Waals surface area contributed by atoms with Crippen molar-refractivity contribution in [1.82, 2.24) is 0 Å². The zero-order valence-corrected chi connectivity index (χ0v) is 14.6. The molecule has 0 atom stereocenters. The van der Waals surface area contributed by atoms with E-state index in [-0.39, 0.29) is 5.91 Å². The Kier molecular flexibility index (Phi) is 5.88. The third-order valence-electron chi connectivity index (χ3n) is 3.80. The highest BCUT2D eigenvalue weighted by molar-refractivity contribution is 6.05. The molecule has 0 aliphatic heterocycles. The van der Waals surface area contributed by atoms with Gasteiger partial charge in [0.15, 0.2) is 0 Å². The lowest BCUT2D eigenvalue weighted by atomic mass is 10.2. The van der Waals surface area contributed by atoms with Gasteiger partial charge < -0.3 is 14.8 Å². The van der Waals surface area contributed by atoms with E-state index in [0.29, 0.717) is 30.2 Å². The first-order chi connectivity index (χ1) is 12.8. The molecule has 0 unspecified atom stereocenters. The Morgan fingerprint density at radius 3 is 2.27 bits per heavy atom. The molecule has 0 aliphatic rings. The lowest BCUT2D eigenvalue weighted by molar-refractivity contribution is 0.102. The summed E-state index contributed by atoms with van der Waals surface area (Å²) in [4.78, 5) is 12.5. The van der Waals surface area contributed by atoms with Gasteiger partial charge in [-0.1, -0.05) is 42.5 Å². The summed E-state index contributed by atoms with van der Waals surface area (Å²) in [6, 6.07) is 24.4. The van der Waals surface area contributed by atoms with E-state index < -0.39 is 0 Å². The zero-order valence-electron chi connectivity index (χ0n) is 14.6. The highest BCUT2D eigenvalue weighted by Crippen LogP contribution is 2.24. The number of anilines is 1. The molecule has 0 saturated heterocycles. The van der Waals surface area contributed by atoms with Gasteiger partial charge in [0.05, 0.1) is 12.3 Å². The van der Waals surface area contributed by atoms with Crippen LogP contribution in [0.2, 0.25) is 0 Å². The summed E-state index contributed by atoms with van der Waals surface area (Å²) < 4.78 is 11.3. The monoisotopic (exact) mass is 347 g/mol. The van der Waals surface area contributed by atoms with Gasteiger partial charge in [0.2, 0.25) is 0 Å². The van der Waals surface area contributed by atoms with Crippen LogP contribution in [-0.4, -0.2) is 12.5 Å². The van der Waals surface area contributed by atoms with Gasteiger partial charge in [-0.2, -0.15) is 0 Å². The van der Waals surface area contributed by atoms with Crippen LogP contribution in [0.25, 0.3) is 0 Å². The molecule has 4 heteroatoms. The average Bonchev–Trinajstić information content (AvgIpc) is 2.69. The third-order valence-corrected chi connectivity index (χ3v) is 3.80. The Labute approximate surface area is 153 Å². The van der Waals surface area contributed by atoms with Gasteiger partial charge in [-0.05, 0) is 48.9 Å². The van der Waals surface area contributed by atoms with Crippen LogP contribution in [0.1, 0.15) is 22.8 Å². The molecule has 0 radical (unpaired) electrons. The predicted octanol–water partition coefficient (Wildman–Crippen LogP) is 4.92. The first-order valence-corrected chi connectivity index (χ1v) is 8.56. The van der Waals surface area contributed by atoms with Crippen LogP contribution in [0.15, 0.2) is 78.9 Å². The largest absolute Gasteiger partial charge is 0.492 e. The first kappa shape index (κ1) is 17.5. The van der Waals surface area contributed by atoms with Gasteiger partial charge in [-0.25, -0.2) is 0 Å². The fourth-order valence-electron chi connectivity index (χ4n) is 2.49. The zero-order chi connectivity index (χ0) is 18.2. The summed E-state index contributed by atoms with van der Waals surface area (Å²) in [5.74, 6) is 1.19. The van der Waals surface area contributed by atoms with Gasteiger partial charge in [-0.3, -0.25) is 4.79 Å². The molecular weight excluding hydrogens is 326 g/mol. The van der Waals surface area contributed by atoms with Crippen LogP contribution in [0, 0.1) is 0 Å². The summed E-state index contributed by atoms with van der Waals surface area (Å²) in [6.07, 6.45) is 0. The number of amides is 1. The minimum atomic E-state index is -0.188. The second-order valence-corrected chi connectivity index (χ2v) is 5.68. The van der Waals surface area contributed by atoms with Crippen molar-refractivity contribution in [3.8, 4) is 11.5 Å². The number of nitrogens with one attached hydrogen (secondary N) is 1. The van der Waals surface area contributed by atoms with E-state index >= 15 is 0 Å². The molecule has 3 aromatic rings. The molecule has 0 saturated carbocycles. The number of rotatable bonds is 7. The van der Waals surface area contributed by atoms with E-state index in [1.165, 1.54) is 0 Å². The van der Waals surface area contributed by atoms with E-state index in [1.807, 2.05) is 61.5 Å². The van der Waals surface area contributed by atoms with Crippen LogP contribution < -0.4 is 14.8 Å². The van der Waals surface area contributed by atoms with Crippen molar-refractivity contribution >= 4 is 11.6 Å². The summed E-state index contributed by atoms with van der Waals surface area (Å²) in [5, 5.41) is 2.88. The molecule has 0 fully saturated rings. The topological polar surface area (TPSA) is 47.6 Å². The minimum Gasteiger partial charge on any atom is -0.492 e. The SMILES string of the molecule is CCOc1ccccc1NC(=O)c1ccc(OCc2ccccc2)cc1. The van der Waals surface area contributed by atoms with Crippen molar-refractivity contribution in [3.63, 3.8) is 0 Å². The molecule has 0 bridgehead atoms. The summed E-state index contributed by atoms with van der Waals surface area (Å²) in [7, 11) is 0. The molecule has 4 nitrogen and oxygen atoms in total. The lowest BCUT2D eigenvalue weighted by Gasteiger charge is -2.11. The van der Waals surface area contributed by atoms with Gasteiger partial charge in [-0.15, -0.1) is 0 Å². The number of benzene rings is 3. The van der Waals surface area contributed by atoms with Gasteiger partial charge in [0.25, 0.3) is 5.91 Å². The third kappa shape index (κ3) is 4.63. The summed E-state index contributed by atoms with van der Waals surface area (Å²) in [6.45, 7) is 2.95. The fourth-order valence-corrected chi connectivity index (χ4v) is 2.49. The van der Waals surface area contributed by atoms with Gasteiger partial charge in [0.1, 0.15) is 18.1 Å². The molecule has 0 aliphatic carbocycles. The number of ether oxygens (including phenoxy) is 2. The van der Waals surface area contributed by atoms with E-state index in [4.69, 9.17) is 9.47 Å². The van der Waals surface area contributed by atoms with Crippen molar-refractivity contribution in [2.24, 2.45) is 0 Å². The van der Waals surface area contributed by atoms with Gasteiger partial charge in [0, 0.05) is 5.56 Å². The lowest BCUT2D eigenvalue weighted by Crippen LogP contribution is -2.12. The Bertz CT molecular complexity index is 845. The fraction of sp³-hybridized carbons (Fsp3) is 0.136. The first-order valence-electron chi connectivity index (χ1n) is 8.56. The molecule has 3 aromatic carbocycles. The molecule has 0 heterocycles. The van der Waals surface area contributed by atoms with Crippen LogP contribution >= 0.6 is 0 Å². The quantitative estimate of drug-likeness (QED) is 0.660. The molecule has 0 aromatic heterocycles. The Balaban J connectivity index is 1.62.